The highest BCUT2D eigenvalue weighted by Crippen LogP contribution is 2.60. The molecule has 0 saturated carbocycles. The molecule has 0 radical (unpaired) electrons. The molecule has 10 nitrogen and oxygen atoms in total. The number of carbonyl (C=O) groups is 2. The first-order chi connectivity index (χ1) is 26.4. The molecule has 2 fully saturated rings. The third kappa shape index (κ3) is 8.39. The predicted octanol–water partition coefficient (Wildman–Crippen LogP) is 7.46. The number of hydrogen-bond donors (Lipinski definition) is 1. The van der Waals surface area contributed by atoms with Crippen LogP contribution in [0.3, 0.4) is 0 Å². The summed E-state index contributed by atoms with van der Waals surface area (Å²) in [5.74, 6) is 0.757. The second-order valence-electron chi connectivity index (χ2n) is 16.6. The van der Waals surface area contributed by atoms with Crippen molar-refractivity contribution >= 4 is 36.4 Å². The highest BCUT2D eigenvalue weighted by molar-refractivity contribution is 6.91. The second kappa shape index (κ2) is 17.4. The van der Waals surface area contributed by atoms with Crippen molar-refractivity contribution in [1.29, 1.82) is 0 Å². The minimum absolute atomic E-state index is 0.0153. The van der Waals surface area contributed by atoms with Crippen molar-refractivity contribution in [2.24, 2.45) is 5.92 Å². The summed E-state index contributed by atoms with van der Waals surface area (Å²) in [6, 6.07) is 14.6. The zero-order valence-electron chi connectivity index (χ0n) is 34.0. The highest BCUT2D eigenvalue weighted by atomic mass is 28.3. The van der Waals surface area contributed by atoms with Crippen LogP contribution in [0.4, 0.5) is 11.4 Å². The standard InChI is InChI=1S/C44H61N5O5Si/c1-31(2)13-12-14-32(3)22-27-49-39-21-16-35(48-25-11-9-8-10-15-41(48)51)29-38(39)44(43(49)52)33(4)42(55(6,7)37-19-17-36(53-5)18-20-37)40(54-44)23-26-47-30-34(24-28-50)45-46-47/h13,16-22,29-30,33,40,42,50H,8-12,14-15,23-28H2,1-7H3/b32-22+/t33-,40+,42-,44+/m1/s1. The molecule has 6 rings (SSSR count). The molecule has 2 saturated heterocycles. The molecule has 0 aliphatic carbocycles. The summed E-state index contributed by atoms with van der Waals surface area (Å²) in [6.45, 7) is 15.1. The summed E-state index contributed by atoms with van der Waals surface area (Å²) < 4.78 is 14.8. The second-order valence-corrected chi connectivity index (χ2v) is 21.3. The van der Waals surface area contributed by atoms with Crippen LogP contribution in [0.5, 0.6) is 5.75 Å². The maximum Gasteiger partial charge on any atom is 0.264 e. The molecule has 4 atom stereocenters. The molecule has 296 valence electrons. The number of nitrogens with zero attached hydrogens (tertiary/aromatic N) is 5. The average Bonchev–Trinajstić information content (AvgIpc) is 3.80. The van der Waals surface area contributed by atoms with E-state index in [1.165, 1.54) is 16.3 Å². The summed E-state index contributed by atoms with van der Waals surface area (Å²) in [5.41, 5.74) is 4.70. The third-order valence-electron chi connectivity index (χ3n) is 12.3. The number of aliphatic hydroxyl groups is 1. The van der Waals surface area contributed by atoms with Gasteiger partial charge >= 0.3 is 0 Å². The largest absolute Gasteiger partial charge is 0.497 e. The number of rotatable bonds is 14. The van der Waals surface area contributed by atoms with E-state index in [9.17, 15) is 9.90 Å². The maximum atomic E-state index is 15.4. The van der Waals surface area contributed by atoms with Gasteiger partial charge in [-0.05, 0) is 88.7 Å². The van der Waals surface area contributed by atoms with Gasteiger partial charge < -0.3 is 24.4 Å². The molecule has 3 aromatic rings. The first kappa shape index (κ1) is 40.6. The van der Waals surface area contributed by atoms with Crippen LogP contribution < -0.4 is 19.7 Å². The van der Waals surface area contributed by atoms with Crippen LogP contribution in [0.2, 0.25) is 18.6 Å². The zero-order chi connectivity index (χ0) is 39.3. The van der Waals surface area contributed by atoms with E-state index in [0.717, 1.165) is 66.9 Å². The van der Waals surface area contributed by atoms with Gasteiger partial charge in [-0.25, -0.2) is 0 Å². The number of aliphatic hydroxyl groups excluding tert-OH is 1. The fourth-order valence-electron chi connectivity index (χ4n) is 9.23. The van der Waals surface area contributed by atoms with E-state index in [0.29, 0.717) is 38.9 Å². The minimum atomic E-state index is -2.36. The molecule has 3 aliphatic rings. The van der Waals surface area contributed by atoms with Crippen LogP contribution in [0.1, 0.15) is 90.3 Å². The Hall–Kier alpha value is -4.06. The predicted molar refractivity (Wildman–Crippen MR) is 222 cm³/mol. The van der Waals surface area contributed by atoms with Gasteiger partial charge in [0, 0.05) is 62.4 Å². The smallest absolute Gasteiger partial charge is 0.264 e. The number of allylic oxidation sites excluding steroid dienone is 3. The van der Waals surface area contributed by atoms with E-state index in [4.69, 9.17) is 9.47 Å². The van der Waals surface area contributed by atoms with E-state index < -0.39 is 13.7 Å². The molecular weight excluding hydrogens is 707 g/mol. The Morgan fingerprint density at radius 1 is 1.05 bits per heavy atom. The Bertz CT molecular complexity index is 1880. The van der Waals surface area contributed by atoms with Crippen molar-refractivity contribution in [2.75, 3.05) is 36.6 Å². The number of ether oxygens (including phenoxy) is 2. The van der Waals surface area contributed by atoms with Gasteiger partial charge in [0.05, 0.1) is 32.7 Å². The Morgan fingerprint density at radius 3 is 2.55 bits per heavy atom. The first-order valence-electron chi connectivity index (χ1n) is 20.3. The summed E-state index contributed by atoms with van der Waals surface area (Å²) in [5, 5.41) is 19.4. The van der Waals surface area contributed by atoms with E-state index in [2.05, 4.69) is 87.5 Å². The van der Waals surface area contributed by atoms with Crippen LogP contribution in [0.15, 0.2) is 72.0 Å². The van der Waals surface area contributed by atoms with Gasteiger partial charge in [0.15, 0.2) is 5.60 Å². The van der Waals surface area contributed by atoms with E-state index in [1.54, 1.807) is 7.11 Å². The van der Waals surface area contributed by atoms with Gasteiger partial charge in [0.25, 0.3) is 5.91 Å². The van der Waals surface area contributed by atoms with Crippen molar-refractivity contribution in [3.8, 4) is 5.75 Å². The van der Waals surface area contributed by atoms with Crippen molar-refractivity contribution in [3.05, 3.63) is 83.2 Å². The molecule has 0 unspecified atom stereocenters. The number of benzene rings is 2. The van der Waals surface area contributed by atoms with E-state index in [-0.39, 0.29) is 36.0 Å². The van der Waals surface area contributed by atoms with Crippen molar-refractivity contribution < 1.29 is 24.2 Å². The third-order valence-corrected chi connectivity index (χ3v) is 16.6. The molecule has 55 heavy (non-hydrogen) atoms. The molecule has 0 bridgehead atoms. The molecule has 1 aromatic heterocycles. The topological polar surface area (TPSA) is 110 Å². The fraction of sp³-hybridized carbons (Fsp3) is 0.545. The Labute approximate surface area is 328 Å². The number of aryl methyl sites for hydroxylation is 1. The molecule has 1 spiro atoms. The number of amides is 2. The van der Waals surface area contributed by atoms with Crippen molar-refractivity contribution in [2.45, 2.75) is 122 Å². The monoisotopic (exact) mass is 767 g/mol. The van der Waals surface area contributed by atoms with Crippen LogP contribution in [-0.2, 0) is 32.9 Å². The van der Waals surface area contributed by atoms with E-state index in [1.807, 2.05) is 38.9 Å². The molecule has 1 N–H and O–H groups in total. The lowest BCUT2D eigenvalue weighted by atomic mass is 9.82. The van der Waals surface area contributed by atoms with Crippen molar-refractivity contribution in [3.63, 3.8) is 0 Å². The number of fused-ring (bicyclic) bond motifs is 2. The van der Waals surface area contributed by atoms with Gasteiger partial charge in [0.2, 0.25) is 5.91 Å². The maximum absolute atomic E-state index is 15.4. The van der Waals surface area contributed by atoms with Crippen LogP contribution in [0, 0.1) is 5.92 Å². The Balaban J connectivity index is 1.44. The summed E-state index contributed by atoms with van der Waals surface area (Å²) in [7, 11) is -0.677. The van der Waals surface area contributed by atoms with E-state index >= 15 is 4.79 Å². The lowest BCUT2D eigenvalue weighted by Gasteiger charge is -2.37. The number of aromatic nitrogens is 3. The van der Waals surface area contributed by atoms with Crippen molar-refractivity contribution in [1.82, 2.24) is 15.0 Å². The minimum Gasteiger partial charge on any atom is -0.497 e. The summed E-state index contributed by atoms with van der Waals surface area (Å²) in [4.78, 5) is 32.8. The van der Waals surface area contributed by atoms with Gasteiger partial charge in [0.1, 0.15) is 5.75 Å². The number of hydrogen-bond acceptors (Lipinski definition) is 7. The Morgan fingerprint density at radius 2 is 1.82 bits per heavy atom. The van der Waals surface area contributed by atoms with Gasteiger partial charge in [-0.3, -0.25) is 14.3 Å². The van der Waals surface area contributed by atoms with Gasteiger partial charge in [-0.15, -0.1) is 5.10 Å². The number of anilines is 2. The van der Waals surface area contributed by atoms with Gasteiger partial charge in [-0.2, -0.15) is 0 Å². The fourth-order valence-corrected chi connectivity index (χ4v) is 13.3. The highest BCUT2D eigenvalue weighted by Gasteiger charge is 2.66. The zero-order valence-corrected chi connectivity index (χ0v) is 35.0. The number of methoxy groups -OCH3 is 1. The summed E-state index contributed by atoms with van der Waals surface area (Å²) >= 11 is 0. The lowest BCUT2D eigenvalue weighted by molar-refractivity contribution is -0.145. The first-order valence-corrected chi connectivity index (χ1v) is 23.4. The summed E-state index contributed by atoms with van der Waals surface area (Å²) in [6.07, 6.45) is 13.6. The lowest BCUT2D eigenvalue weighted by Crippen LogP contribution is -2.52. The Kier molecular flexibility index (Phi) is 12.8. The molecule has 2 aromatic carbocycles. The van der Waals surface area contributed by atoms with Crippen LogP contribution in [0.25, 0.3) is 0 Å². The quantitative estimate of drug-likeness (QED) is 0.134. The van der Waals surface area contributed by atoms with Gasteiger partial charge in [-0.1, -0.05) is 78.7 Å². The average molecular weight is 768 g/mol. The molecule has 3 aliphatic heterocycles. The molecular formula is C44H61N5O5Si. The van der Waals surface area contributed by atoms with Crippen LogP contribution >= 0.6 is 0 Å². The molecule has 11 heteroatoms. The SMILES string of the molecule is COc1ccc([Si](C)(C)[C@H]2[C@H](CCn3cc(CCO)nn3)O[C@@]3(C(=O)N(C/C=C(\C)CCC=C(C)C)c4ccc(N5CCCCCCC5=O)cc43)[C@@H]2C)cc1. The number of carbonyl (C=O) groups excluding carboxylic acids is 2. The van der Waals surface area contributed by atoms with Crippen LogP contribution in [-0.4, -0.2) is 72.9 Å². The molecule has 4 heterocycles. The normalized spacial score (nSPS) is 23.3. The molecule has 2 amide bonds.